The standard InChI is InChI=1S/C15H12Cl2N2OS/c1-9-4-2-7-12(18-9)15-19(13(20)8-21-15)14-10(16)5-3-6-11(14)17/h2-7,15H,8H2,1H3. The molecule has 1 fully saturated rings. The number of para-hydroxylation sites is 1. The van der Waals surface area contributed by atoms with Crippen LogP contribution in [0.2, 0.25) is 10.0 Å². The van der Waals surface area contributed by atoms with Gasteiger partial charge >= 0.3 is 0 Å². The van der Waals surface area contributed by atoms with Gasteiger partial charge in [-0.3, -0.25) is 14.7 Å². The van der Waals surface area contributed by atoms with E-state index in [-0.39, 0.29) is 11.3 Å². The maximum absolute atomic E-state index is 12.3. The quantitative estimate of drug-likeness (QED) is 0.809. The van der Waals surface area contributed by atoms with E-state index in [4.69, 9.17) is 23.2 Å². The van der Waals surface area contributed by atoms with Crippen LogP contribution in [0.5, 0.6) is 0 Å². The Morgan fingerprint density at radius 1 is 1.19 bits per heavy atom. The number of carbonyl (C=O) groups is 1. The lowest BCUT2D eigenvalue weighted by atomic mass is 10.2. The van der Waals surface area contributed by atoms with Crippen LogP contribution in [-0.2, 0) is 4.79 Å². The van der Waals surface area contributed by atoms with Crippen molar-refractivity contribution >= 4 is 46.6 Å². The zero-order valence-corrected chi connectivity index (χ0v) is 13.5. The van der Waals surface area contributed by atoms with E-state index < -0.39 is 0 Å². The summed E-state index contributed by atoms with van der Waals surface area (Å²) in [6.07, 6.45) is 0. The molecule has 0 bridgehead atoms. The van der Waals surface area contributed by atoms with Crippen molar-refractivity contribution in [1.82, 2.24) is 4.98 Å². The fourth-order valence-corrected chi connectivity index (χ4v) is 4.00. The summed E-state index contributed by atoms with van der Waals surface area (Å²) in [4.78, 5) is 18.5. The molecule has 2 heterocycles. The molecule has 3 nitrogen and oxygen atoms in total. The van der Waals surface area contributed by atoms with Gasteiger partial charge in [-0.25, -0.2) is 0 Å². The number of thioether (sulfide) groups is 1. The molecule has 1 unspecified atom stereocenters. The number of rotatable bonds is 2. The predicted molar refractivity (Wildman–Crippen MR) is 88.1 cm³/mol. The summed E-state index contributed by atoms with van der Waals surface area (Å²) in [6.45, 7) is 1.93. The van der Waals surface area contributed by atoms with E-state index >= 15 is 0 Å². The van der Waals surface area contributed by atoms with Crippen molar-refractivity contribution in [2.45, 2.75) is 12.3 Å². The molecule has 0 radical (unpaired) electrons. The predicted octanol–water partition coefficient (Wildman–Crippen LogP) is 4.48. The van der Waals surface area contributed by atoms with Gasteiger partial charge in [0.25, 0.3) is 0 Å². The van der Waals surface area contributed by atoms with E-state index in [0.29, 0.717) is 21.5 Å². The van der Waals surface area contributed by atoms with Crippen LogP contribution in [0, 0.1) is 6.92 Å². The van der Waals surface area contributed by atoms with Crippen molar-refractivity contribution in [3.05, 3.63) is 57.8 Å². The van der Waals surface area contributed by atoms with Gasteiger partial charge in [-0.15, -0.1) is 11.8 Å². The Morgan fingerprint density at radius 3 is 2.52 bits per heavy atom. The molecule has 1 atom stereocenters. The first kappa shape index (κ1) is 14.7. The first-order valence-corrected chi connectivity index (χ1v) is 8.19. The minimum atomic E-state index is -0.199. The molecule has 6 heteroatoms. The van der Waals surface area contributed by atoms with Crippen molar-refractivity contribution in [2.75, 3.05) is 10.7 Å². The van der Waals surface area contributed by atoms with Crippen molar-refractivity contribution in [3.8, 4) is 0 Å². The molecular weight excluding hydrogens is 327 g/mol. The number of aryl methyl sites for hydroxylation is 1. The summed E-state index contributed by atoms with van der Waals surface area (Å²) in [5, 5.41) is 0.738. The number of halogens is 2. The van der Waals surface area contributed by atoms with Crippen LogP contribution >= 0.6 is 35.0 Å². The lowest BCUT2D eigenvalue weighted by Crippen LogP contribution is -2.29. The van der Waals surface area contributed by atoms with Crippen molar-refractivity contribution in [3.63, 3.8) is 0 Å². The van der Waals surface area contributed by atoms with E-state index in [0.717, 1.165) is 11.4 Å². The average Bonchev–Trinajstić information content (AvgIpc) is 2.81. The van der Waals surface area contributed by atoms with Crippen LogP contribution in [-0.4, -0.2) is 16.6 Å². The molecule has 21 heavy (non-hydrogen) atoms. The molecule has 0 N–H and O–H groups in total. The topological polar surface area (TPSA) is 33.2 Å². The monoisotopic (exact) mass is 338 g/mol. The molecule has 0 saturated carbocycles. The summed E-state index contributed by atoms with van der Waals surface area (Å²) < 4.78 is 0. The highest BCUT2D eigenvalue weighted by Crippen LogP contribution is 2.46. The van der Waals surface area contributed by atoms with Crippen LogP contribution < -0.4 is 4.90 Å². The highest BCUT2D eigenvalue weighted by molar-refractivity contribution is 8.00. The summed E-state index contributed by atoms with van der Waals surface area (Å²) in [5.41, 5.74) is 2.31. The van der Waals surface area contributed by atoms with Gasteiger partial charge in [0.05, 0.1) is 27.2 Å². The number of nitrogens with zero attached hydrogens (tertiary/aromatic N) is 2. The van der Waals surface area contributed by atoms with Gasteiger partial charge in [0.2, 0.25) is 5.91 Å². The Bertz CT molecular complexity index is 688. The van der Waals surface area contributed by atoms with Crippen LogP contribution in [0.25, 0.3) is 0 Å². The van der Waals surface area contributed by atoms with Gasteiger partial charge in [0.1, 0.15) is 5.37 Å². The number of hydrogen-bond donors (Lipinski definition) is 0. The molecule has 108 valence electrons. The molecule has 1 saturated heterocycles. The van der Waals surface area contributed by atoms with E-state index in [9.17, 15) is 4.79 Å². The summed E-state index contributed by atoms with van der Waals surface area (Å²) >= 11 is 14.0. The molecule has 0 spiro atoms. The number of carbonyl (C=O) groups excluding carboxylic acids is 1. The number of pyridine rings is 1. The minimum Gasteiger partial charge on any atom is -0.290 e. The zero-order chi connectivity index (χ0) is 15.0. The number of amides is 1. The molecule has 3 rings (SSSR count). The average molecular weight is 339 g/mol. The van der Waals surface area contributed by atoms with Gasteiger partial charge in [-0.2, -0.15) is 0 Å². The Labute approximate surface area is 137 Å². The van der Waals surface area contributed by atoms with Gasteiger partial charge in [-0.1, -0.05) is 35.3 Å². The van der Waals surface area contributed by atoms with Gasteiger partial charge < -0.3 is 0 Å². The first-order valence-electron chi connectivity index (χ1n) is 6.39. The highest BCUT2D eigenvalue weighted by atomic mass is 35.5. The third kappa shape index (κ3) is 2.76. The van der Waals surface area contributed by atoms with E-state index in [1.807, 2.05) is 25.1 Å². The third-order valence-corrected chi connectivity index (χ3v) is 5.00. The largest absolute Gasteiger partial charge is 0.290 e. The SMILES string of the molecule is Cc1cccc(C2SCC(=O)N2c2c(Cl)cccc2Cl)n1. The molecular formula is C15H12Cl2N2OS. The van der Waals surface area contributed by atoms with Crippen molar-refractivity contribution in [1.29, 1.82) is 0 Å². The normalized spacial score (nSPS) is 18.3. The van der Waals surface area contributed by atoms with Gasteiger partial charge in [0, 0.05) is 5.69 Å². The zero-order valence-electron chi connectivity index (χ0n) is 11.2. The fraction of sp³-hybridized carbons (Fsp3) is 0.200. The summed E-state index contributed by atoms with van der Waals surface area (Å²) in [7, 11) is 0. The molecule has 1 aliphatic heterocycles. The Kier molecular flexibility index (Phi) is 4.11. The maximum atomic E-state index is 12.3. The second-order valence-corrected chi connectivity index (χ2v) is 6.58. The second kappa shape index (κ2) is 5.87. The number of anilines is 1. The van der Waals surface area contributed by atoms with Gasteiger partial charge in [-0.05, 0) is 31.2 Å². The molecule has 1 aromatic heterocycles. The summed E-state index contributed by atoms with van der Waals surface area (Å²) in [6, 6.07) is 11.0. The number of aromatic nitrogens is 1. The Hall–Kier alpha value is -1.23. The van der Waals surface area contributed by atoms with Crippen LogP contribution in [0.15, 0.2) is 36.4 Å². The molecule has 0 aliphatic carbocycles. The van der Waals surface area contributed by atoms with Crippen molar-refractivity contribution < 1.29 is 4.79 Å². The third-order valence-electron chi connectivity index (χ3n) is 3.21. The molecule has 1 aliphatic rings. The number of benzene rings is 1. The van der Waals surface area contributed by atoms with E-state index in [2.05, 4.69) is 4.98 Å². The second-order valence-electron chi connectivity index (χ2n) is 4.70. The van der Waals surface area contributed by atoms with Gasteiger partial charge in [0.15, 0.2) is 0 Å². The molecule has 1 amide bonds. The molecule has 2 aromatic rings. The van der Waals surface area contributed by atoms with Crippen molar-refractivity contribution in [2.24, 2.45) is 0 Å². The smallest absolute Gasteiger partial charge is 0.238 e. The lowest BCUT2D eigenvalue weighted by Gasteiger charge is -2.25. The highest BCUT2D eigenvalue weighted by Gasteiger charge is 2.37. The minimum absolute atomic E-state index is 0.0108. The molecule has 1 aromatic carbocycles. The van der Waals surface area contributed by atoms with Crippen LogP contribution in [0.3, 0.4) is 0 Å². The fourth-order valence-electron chi connectivity index (χ4n) is 2.31. The van der Waals surface area contributed by atoms with E-state index in [1.54, 1.807) is 23.1 Å². The first-order chi connectivity index (χ1) is 10.1. The Balaban J connectivity index is 2.08. The van der Waals surface area contributed by atoms with E-state index in [1.165, 1.54) is 11.8 Å². The lowest BCUT2D eigenvalue weighted by molar-refractivity contribution is -0.115. The van der Waals surface area contributed by atoms with Crippen LogP contribution in [0.1, 0.15) is 16.8 Å². The maximum Gasteiger partial charge on any atom is 0.238 e. The summed E-state index contributed by atoms with van der Waals surface area (Å²) in [5.74, 6) is 0.380. The van der Waals surface area contributed by atoms with Crippen LogP contribution in [0.4, 0.5) is 5.69 Å². The number of hydrogen-bond acceptors (Lipinski definition) is 3. The Morgan fingerprint density at radius 2 is 1.86 bits per heavy atom.